The largest absolute Gasteiger partial charge is 0.347 e. The first-order valence-electron chi connectivity index (χ1n) is 10.1. The summed E-state index contributed by atoms with van der Waals surface area (Å²) in [5.41, 5.74) is 4.98. The summed E-state index contributed by atoms with van der Waals surface area (Å²) in [7, 11) is 2.26. The van der Waals surface area contributed by atoms with Gasteiger partial charge in [0.25, 0.3) is 0 Å². The molecule has 2 aliphatic rings. The van der Waals surface area contributed by atoms with Gasteiger partial charge in [-0.05, 0) is 50.0 Å². The first-order valence-corrected chi connectivity index (χ1v) is 11.6. The van der Waals surface area contributed by atoms with Gasteiger partial charge in [0.1, 0.15) is 0 Å². The van der Waals surface area contributed by atoms with Crippen molar-refractivity contribution in [2.45, 2.75) is 82.4 Å². The van der Waals surface area contributed by atoms with Gasteiger partial charge in [0.2, 0.25) is 0 Å². The maximum absolute atomic E-state index is 2.46. The van der Waals surface area contributed by atoms with Crippen molar-refractivity contribution in [3.8, 4) is 0 Å². The van der Waals surface area contributed by atoms with Gasteiger partial charge in [-0.2, -0.15) is 0 Å². The number of rotatable bonds is 3. The van der Waals surface area contributed by atoms with Crippen molar-refractivity contribution in [1.29, 1.82) is 0 Å². The molecule has 0 aliphatic heterocycles. The maximum Gasteiger partial charge on any atom is 0.0486 e. The van der Waals surface area contributed by atoms with Crippen molar-refractivity contribution in [3.05, 3.63) is 30.0 Å². The number of aryl methyl sites for hydroxylation is 1. The highest BCUT2D eigenvalue weighted by atomic mass is 31.1. The van der Waals surface area contributed by atoms with Crippen LogP contribution in [0.4, 0.5) is 0 Å². The minimum atomic E-state index is -0.0127. The summed E-state index contributed by atoms with van der Waals surface area (Å²) in [4.78, 5) is 0. The summed E-state index contributed by atoms with van der Waals surface area (Å²) in [5.74, 6) is 0. The fourth-order valence-electron chi connectivity index (χ4n) is 5.21. The van der Waals surface area contributed by atoms with E-state index >= 15 is 0 Å². The van der Waals surface area contributed by atoms with E-state index in [4.69, 9.17) is 0 Å². The molecule has 24 heavy (non-hydrogen) atoms. The van der Waals surface area contributed by atoms with E-state index in [9.17, 15) is 0 Å². The predicted molar refractivity (Wildman–Crippen MR) is 108 cm³/mol. The lowest BCUT2D eigenvalue weighted by atomic mass is 9.99. The molecule has 0 bridgehead atoms. The van der Waals surface area contributed by atoms with Crippen molar-refractivity contribution >= 4 is 24.1 Å². The second kappa shape index (κ2) is 7.20. The fraction of sp³-hybridized carbons (Fsp3) is 0.636. The number of para-hydroxylation sites is 1. The zero-order valence-corrected chi connectivity index (χ0v) is 16.3. The van der Waals surface area contributed by atoms with E-state index in [1.54, 1.807) is 16.4 Å². The van der Waals surface area contributed by atoms with E-state index < -0.39 is 0 Å². The molecule has 0 N–H and O–H groups in total. The lowest BCUT2D eigenvalue weighted by Crippen LogP contribution is -2.27. The standard InChI is InChI=1S/C22H32NP/c1-17-22(20-15-9-10-16-21(20)23(17)2)24(18-11-5-3-6-12-18)19-13-7-4-8-14-19/h9-10,15-16,18-19H,3-8,11-14H2,1-2H3. The Labute approximate surface area is 148 Å². The molecule has 0 radical (unpaired) electrons. The van der Waals surface area contributed by atoms with Crippen LogP contribution in [0.2, 0.25) is 0 Å². The Morgan fingerprint density at radius 2 is 1.38 bits per heavy atom. The van der Waals surface area contributed by atoms with Gasteiger partial charge in [0.15, 0.2) is 0 Å². The van der Waals surface area contributed by atoms with Crippen molar-refractivity contribution in [2.75, 3.05) is 0 Å². The van der Waals surface area contributed by atoms with Gasteiger partial charge in [-0.1, -0.05) is 64.6 Å². The van der Waals surface area contributed by atoms with Gasteiger partial charge in [-0.25, -0.2) is 0 Å². The van der Waals surface area contributed by atoms with Crippen LogP contribution in [0.3, 0.4) is 0 Å². The smallest absolute Gasteiger partial charge is 0.0486 e. The number of fused-ring (bicyclic) bond motifs is 1. The zero-order valence-electron chi connectivity index (χ0n) is 15.4. The highest BCUT2D eigenvalue weighted by Gasteiger charge is 2.35. The average molecular weight is 341 g/mol. The lowest BCUT2D eigenvalue weighted by molar-refractivity contribution is 0.487. The Morgan fingerprint density at radius 3 is 1.96 bits per heavy atom. The quantitative estimate of drug-likeness (QED) is 0.581. The van der Waals surface area contributed by atoms with Crippen LogP contribution in [0.5, 0.6) is 0 Å². The number of nitrogens with zero attached hydrogens (tertiary/aromatic N) is 1. The molecule has 130 valence electrons. The Morgan fingerprint density at radius 1 is 0.833 bits per heavy atom. The highest BCUT2D eigenvalue weighted by Crippen LogP contribution is 2.56. The van der Waals surface area contributed by atoms with Gasteiger partial charge in [-0.3, -0.25) is 0 Å². The van der Waals surface area contributed by atoms with Crippen LogP contribution in [0.25, 0.3) is 10.9 Å². The SMILES string of the molecule is Cc1c(P(C2CCCCC2)C2CCCCC2)c2ccccc2n1C. The molecule has 1 aromatic heterocycles. The van der Waals surface area contributed by atoms with E-state index in [0.717, 1.165) is 11.3 Å². The van der Waals surface area contributed by atoms with Crippen LogP contribution in [-0.4, -0.2) is 15.9 Å². The molecule has 0 atom stereocenters. The molecule has 1 nitrogen and oxygen atoms in total. The predicted octanol–water partition coefficient (Wildman–Crippen LogP) is 6.26. The normalized spacial score (nSPS) is 21.0. The van der Waals surface area contributed by atoms with Crippen molar-refractivity contribution < 1.29 is 0 Å². The molecule has 1 aromatic carbocycles. The summed E-state index contributed by atoms with van der Waals surface area (Å²) < 4.78 is 2.46. The van der Waals surface area contributed by atoms with Crippen molar-refractivity contribution in [3.63, 3.8) is 0 Å². The highest BCUT2D eigenvalue weighted by molar-refractivity contribution is 7.67. The third kappa shape index (κ3) is 2.94. The molecule has 4 rings (SSSR count). The van der Waals surface area contributed by atoms with Crippen molar-refractivity contribution in [1.82, 2.24) is 4.57 Å². The molecular formula is C22H32NP. The van der Waals surface area contributed by atoms with E-state index in [0.29, 0.717) is 0 Å². The van der Waals surface area contributed by atoms with E-state index in [-0.39, 0.29) is 7.92 Å². The minimum Gasteiger partial charge on any atom is -0.347 e. The molecule has 1 heterocycles. The number of benzene rings is 1. The van der Waals surface area contributed by atoms with Gasteiger partial charge >= 0.3 is 0 Å². The van der Waals surface area contributed by atoms with E-state index in [2.05, 4.69) is 42.8 Å². The molecule has 0 amide bonds. The summed E-state index contributed by atoms with van der Waals surface area (Å²) in [6.07, 6.45) is 14.8. The molecule has 2 heteroatoms. The molecular weight excluding hydrogens is 309 g/mol. The van der Waals surface area contributed by atoms with E-state index in [1.165, 1.54) is 69.7 Å². The van der Waals surface area contributed by atoms with Crippen molar-refractivity contribution in [2.24, 2.45) is 7.05 Å². The fourth-order valence-corrected chi connectivity index (χ4v) is 9.37. The second-order valence-corrected chi connectivity index (χ2v) is 10.7. The number of aromatic nitrogens is 1. The van der Waals surface area contributed by atoms with Gasteiger partial charge in [0.05, 0.1) is 0 Å². The molecule has 2 fully saturated rings. The lowest BCUT2D eigenvalue weighted by Gasteiger charge is -2.39. The average Bonchev–Trinajstić information content (AvgIpc) is 2.90. The van der Waals surface area contributed by atoms with Crippen LogP contribution in [-0.2, 0) is 7.05 Å². The summed E-state index contributed by atoms with van der Waals surface area (Å²) in [5, 5.41) is 3.35. The molecule has 2 saturated carbocycles. The van der Waals surface area contributed by atoms with Crippen LogP contribution < -0.4 is 5.30 Å². The molecule has 0 spiro atoms. The van der Waals surface area contributed by atoms with Crippen LogP contribution in [0.15, 0.2) is 24.3 Å². The zero-order chi connectivity index (χ0) is 16.5. The monoisotopic (exact) mass is 341 g/mol. The van der Waals surface area contributed by atoms with Crippen LogP contribution in [0, 0.1) is 6.92 Å². The Balaban J connectivity index is 1.82. The number of hydrogen-bond acceptors (Lipinski definition) is 0. The molecule has 2 aromatic rings. The van der Waals surface area contributed by atoms with E-state index in [1.807, 2.05) is 0 Å². The summed E-state index contributed by atoms with van der Waals surface area (Å²) in [6.45, 7) is 2.39. The maximum atomic E-state index is 2.46. The van der Waals surface area contributed by atoms with Crippen LogP contribution in [0.1, 0.15) is 69.9 Å². The molecule has 0 unspecified atom stereocenters. The third-order valence-electron chi connectivity index (χ3n) is 6.56. The minimum absolute atomic E-state index is 0.0127. The summed E-state index contributed by atoms with van der Waals surface area (Å²) in [6, 6.07) is 9.18. The third-order valence-corrected chi connectivity index (χ3v) is 10.2. The first kappa shape index (κ1) is 16.6. The van der Waals surface area contributed by atoms with Crippen LogP contribution >= 0.6 is 7.92 Å². The molecule has 0 saturated heterocycles. The topological polar surface area (TPSA) is 4.93 Å². The van der Waals surface area contributed by atoms with Gasteiger partial charge < -0.3 is 4.57 Å². The Hall–Kier alpha value is -0.810. The second-order valence-electron chi connectivity index (χ2n) is 8.00. The summed E-state index contributed by atoms with van der Waals surface area (Å²) >= 11 is 0. The molecule has 2 aliphatic carbocycles. The number of hydrogen-bond donors (Lipinski definition) is 0. The Bertz CT molecular complexity index is 671. The first-order chi connectivity index (χ1) is 11.8. The Kier molecular flexibility index (Phi) is 5.00. The van der Waals surface area contributed by atoms with Gasteiger partial charge in [0, 0.05) is 28.9 Å². The van der Waals surface area contributed by atoms with Gasteiger partial charge in [-0.15, -0.1) is 0 Å².